The Hall–Kier alpha value is -3.13. The normalized spacial score (nSPS) is 14.0. The van der Waals surface area contributed by atoms with Crippen LogP contribution in [0.4, 0.5) is 16.3 Å². The topological polar surface area (TPSA) is 70.6 Å². The van der Waals surface area contributed by atoms with Crippen LogP contribution in [-0.2, 0) is 0 Å². The van der Waals surface area contributed by atoms with Crippen LogP contribution in [0.3, 0.4) is 0 Å². The number of carbonyl (C=O) groups excluding carboxylic acids is 1. The summed E-state index contributed by atoms with van der Waals surface area (Å²) < 4.78 is 5.29. The number of urea groups is 1. The molecule has 1 aliphatic heterocycles. The predicted molar refractivity (Wildman–Crippen MR) is 111 cm³/mol. The van der Waals surface area contributed by atoms with Crippen LogP contribution in [0.2, 0.25) is 0 Å². The van der Waals surface area contributed by atoms with Crippen molar-refractivity contribution in [3.63, 3.8) is 0 Å². The standard InChI is InChI=1S/C20H21N5O2S/c1-27-17-6-3-2-5-15(17)21-20(26)25-12-10-24(11-13-25)19-9-8-16(22-23-19)18-7-4-14-28-18/h2-9,14H,10-13H2,1H3,(H,21,26). The molecule has 3 aromatic rings. The third-order valence-electron chi connectivity index (χ3n) is 4.66. The highest BCUT2D eigenvalue weighted by Crippen LogP contribution is 2.25. The molecule has 0 bridgehead atoms. The number of para-hydroxylation sites is 2. The van der Waals surface area contributed by atoms with E-state index in [9.17, 15) is 4.79 Å². The summed E-state index contributed by atoms with van der Waals surface area (Å²) in [5.41, 5.74) is 1.56. The molecule has 0 aliphatic carbocycles. The highest BCUT2D eigenvalue weighted by Gasteiger charge is 2.23. The van der Waals surface area contributed by atoms with E-state index in [0.29, 0.717) is 37.6 Å². The van der Waals surface area contributed by atoms with Gasteiger partial charge in [-0.25, -0.2) is 4.79 Å². The SMILES string of the molecule is COc1ccccc1NC(=O)N1CCN(c2ccc(-c3cccs3)nn2)CC1. The number of piperazine rings is 1. The number of ether oxygens (including phenoxy) is 1. The summed E-state index contributed by atoms with van der Waals surface area (Å²) >= 11 is 1.65. The number of methoxy groups -OCH3 is 1. The maximum Gasteiger partial charge on any atom is 0.322 e. The number of thiophene rings is 1. The number of amides is 2. The lowest BCUT2D eigenvalue weighted by Crippen LogP contribution is -2.50. The van der Waals surface area contributed by atoms with Crippen LogP contribution in [0.5, 0.6) is 5.75 Å². The third kappa shape index (κ3) is 3.91. The van der Waals surface area contributed by atoms with Gasteiger partial charge in [0.2, 0.25) is 0 Å². The average Bonchev–Trinajstić information content (AvgIpc) is 3.29. The molecular weight excluding hydrogens is 374 g/mol. The maximum atomic E-state index is 12.6. The van der Waals surface area contributed by atoms with Crippen molar-refractivity contribution in [1.29, 1.82) is 0 Å². The predicted octanol–water partition coefficient (Wildman–Crippen LogP) is 3.57. The second-order valence-electron chi connectivity index (χ2n) is 6.36. The fourth-order valence-corrected chi connectivity index (χ4v) is 3.82. The van der Waals surface area contributed by atoms with Crippen molar-refractivity contribution in [2.45, 2.75) is 0 Å². The molecule has 28 heavy (non-hydrogen) atoms. The number of hydrogen-bond acceptors (Lipinski definition) is 6. The van der Waals surface area contributed by atoms with Gasteiger partial charge in [0.1, 0.15) is 11.4 Å². The minimum atomic E-state index is -0.122. The Morgan fingerprint density at radius 3 is 2.54 bits per heavy atom. The van der Waals surface area contributed by atoms with Crippen LogP contribution < -0.4 is 15.0 Å². The summed E-state index contributed by atoms with van der Waals surface area (Å²) in [4.78, 5) is 17.6. The van der Waals surface area contributed by atoms with Gasteiger partial charge in [0.25, 0.3) is 0 Å². The van der Waals surface area contributed by atoms with E-state index in [2.05, 4.69) is 20.4 Å². The molecule has 0 spiro atoms. The van der Waals surface area contributed by atoms with Gasteiger partial charge >= 0.3 is 6.03 Å². The van der Waals surface area contributed by atoms with Crippen LogP contribution in [0.25, 0.3) is 10.6 Å². The largest absolute Gasteiger partial charge is 0.495 e. The number of aromatic nitrogens is 2. The van der Waals surface area contributed by atoms with Gasteiger partial charge in [-0.2, -0.15) is 0 Å². The van der Waals surface area contributed by atoms with Crippen LogP contribution >= 0.6 is 11.3 Å². The molecule has 1 saturated heterocycles. The van der Waals surface area contributed by atoms with E-state index in [1.54, 1.807) is 23.3 Å². The summed E-state index contributed by atoms with van der Waals surface area (Å²) in [6.07, 6.45) is 0. The van der Waals surface area contributed by atoms with Gasteiger partial charge in [-0.05, 0) is 35.7 Å². The fourth-order valence-electron chi connectivity index (χ4n) is 3.13. The van der Waals surface area contributed by atoms with Crippen LogP contribution in [-0.4, -0.2) is 54.4 Å². The number of nitrogens with zero attached hydrogens (tertiary/aromatic N) is 4. The molecule has 2 amide bonds. The highest BCUT2D eigenvalue weighted by atomic mass is 32.1. The van der Waals surface area contributed by atoms with Crippen LogP contribution in [0.1, 0.15) is 0 Å². The van der Waals surface area contributed by atoms with Crippen molar-refractivity contribution in [1.82, 2.24) is 15.1 Å². The molecule has 2 aromatic heterocycles. The summed E-state index contributed by atoms with van der Waals surface area (Å²) in [5, 5.41) is 13.7. The Labute approximate surface area is 167 Å². The van der Waals surface area contributed by atoms with E-state index in [4.69, 9.17) is 4.74 Å². The molecule has 1 aliphatic rings. The number of anilines is 2. The molecule has 8 heteroatoms. The number of nitrogens with one attached hydrogen (secondary N) is 1. The quantitative estimate of drug-likeness (QED) is 0.731. The molecule has 0 saturated carbocycles. The Bertz CT molecular complexity index is 922. The van der Waals surface area contributed by atoms with E-state index in [-0.39, 0.29) is 6.03 Å². The molecule has 7 nitrogen and oxygen atoms in total. The molecule has 1 aromatic carbocycles. The van der Waals surface area contributed by atoms with Gasteiger partial charge in [-0.15, -0.1) is 21.5 Å². The smallest absolute Gasteiger partial charge is 0.322 e. The molecule has 1 N–H and O–H groups in total. The van der Waals surface area contributed by atoms with Gasteiger partial charge in [-0.1, -0.05) is 18.2 Å². The summed E-state index contributed by atoms with van der Waals surface area (Å²) in [6, 6.07) is 15.3. The Balaban J connectivity index is 1.34. The van der Waals surface area contributed by atoms with E-state index < -0.39 is 0 Å². The fraction of sp³-hybridized carbons (Fsp3) is 0.250. The Morgan fingerprint density at radius 2 is 1.86 bits per heavy atom. The first kappa shape index (κ1) is 18.2. The molecule has 3 heterocycles. The van der Waals surface area contributed by atoms with Gasteiger partial charge in [0.05, 0.1) is 17.7 Å². The third-order valence-corrected chi connectivity index (χ3v) is 5.56. The second-order valence-corrected chi connectivity index (χ2v) is 7.31. The first-order chi connectivity index (χ1) is 13.7. The number of carbonyl (C=O) groups is 1. The summed E-state index contributed by atoms with van der Waals surface area (Å²) in [7, 11) is 1.59. The molecular formula is C20H21N5O2S. The van der Waals surface area contributed by atoms with E-state index in [1.807, 2.05) is 53.9 Å². The lowest BCUT2D eigenvalue weighted by molar-refractivity contribution is 0.208. The van der Waals surface area contributed by atoms with E-state index >= 15 is 0 Å². The van der Waals surface area contributed by atoms with Crippen molar-refractivity contribution < 1.29 is 9.53 Å². The number of rotatable bonds is 4. The van der Waals surface area contributed by atoms with Gasteiger partial charge in [0.15, 0.2) is 5.82 Å². The Kier molecular flexibility index (Phi) is 5.38. The second kappa shape index (κ2) is 8.26. The molecule has 0 radical (unpaired) electrons. The minimum Gasteiger partial charge on any atom is -0.495 e. The van der Waals surface area contributed by atoms with Crippen molar-refractivity contribution in [2.75, 3.05) is 43.5 Å². The Morgan fingerprint density at radius 1 is 1.04 bits per heavy atom. The summed E-state index contributed by atoms with van der Waals surface area (Å²) in [6.45, 7) is 2.67. The summed E-state index contributed by atoms with van der Waals surface area (Å²) in [5.74, 6) is 1.49. The van der Waals surface area contributed by atoms with Crippen molar-refractivity contribution >= 4 is 28.9 Å². The highest BCUT2D eigenvalue weighted by molar-refractivity contribution is 7.13. The molecule has 4 rings (SSSR count). The van der Waals surface area contributed by atoms with Crippen LogP contribution in [0, 0.1) is 0 Å². The zero-order valence-corrected chi connectivity index (χ0v) is 16.4. The molecule has 0 atom stereocenters. The molecule has 144 valence electrons. The van der Waals surface area contributed by atoms with Crippen LogP contribution in [0.15, 0.2) is 53.9 Å². The maximum absolute atomic E-state index is 12.6. The monoisotopic (exact) mass is 395 g/mol. The zero-order chi connectivity index (χ0) is 19.3. The average molecular weight is 395 g/mol. The van der Waals surface area contributed by atoms with Crippen molar-refractivity contribution in [3.8, 4) is 16.3 Å². The van der Waals surface area contributed by atoms with Gasteiger partial charge < -0.3 is 19.9 Å². The lowest BCUT2D eigenvalue weighted by atomic mass is 10.3. The van der Waals surface area contributed by atoms with E-state index in [0.717, 1.165) is 16.4 Å². The molecule has 0 unspecified atom stereocenters. The van der Waals surface area contributed by atoms with Gasteiger partial charge in [0, 0.05) is 26.2 Å². The first-order valence-electron chi connectivity index (χ1n) is 9.06. The lowest BCUT2D eigenvalue weighted by Gasteiger charge is -2.35. The first-order valence-corrected chi connectivity index (χ1v) is 9.94. The zero-order valence-electron chi connectivity index (χ0n) is 15.5. The van der Waals surface area contributed by atoms with Crippen molar-refractivity contribution in [3.05, 3.63) is 53.9 Å². The van der Waals surface area contributed by atoms with E-state index in [1.165, 1.54) is 0 Å². The van der Waals surface area contributed by atoms with Gasteiger partial charge in [-0.3, -0.25) is 0 Å². The number of benzene rings is 1. The minimum absolute atomic E-state index is 0.122. The number of hydrogen-bond donors (Lipinski definition) is 1. The molecule has 1 fully saturated rings. The van der Waals surface area contributed by atoms with Crippen molar-refractivity contribution in [2.24, 2.45) is 0 Å².